The lowest BCUT2D eigenvalue weighted by Gasteiger charge is -2.32. The van der Waals surface area contributed by atoms with Crippen LogP contribution in [0.2, 0.25) is 0 Å². The largest absolute Gasteiger partial charge is 0.340 e. The SMILES string of the molecule is CCn1c(=O)c(CCC(=O)N2CCN(C)CC2)c(C)c2c(C)nn(-c3ccccc3)c21. The summed E-state index contributed by atoms with van der Waals surface area (Å²) in [4.78, 5) is 30.4. The molecule has 4 rings (SSSR count). The minimum Gasteiger partial charge on any atom is -0.340 e. The first-order valence-electron chi connectivity index (χ1n) is 11.1. The van der Waals surface area contributed by atoms with E-state index in [1.807, 2.05) is 60.7 Å². The van der Waals surface area contributed by atoms with E-state index < -0.39 is 0 Å². The number of nitrogens with zero attached hydrogens (tertiary/aromatic N) is 5. The van der Waals surface area contributed by atoms with Gasteiger partial charge in [0.1, 0.15) is 5.65 Å². The third-order valence-corrected chi connectivity index (χ3v) is 6.38. The number of carbonyl (C=O) groups excluding carboxylic acids is 1. The molecule has 0 bridgehead atoms. The molecule has 3 heterocycles. The number of para-hydroxylation sites is 1. The molecule has 1 saturated heterocycles. The van der Waals surface area contributed by atoms with Gasteiger partial charge in [-0.15, -0.1) is 0 Å². The average molecular weight is 422 g/mol. The van der Waals surface area contributed by atoms with Crippen LogP contribution in [0.25, 0.3) is 16.7 Å². The molecule has 1 aliphatic heterocycles. The molecule has 0 spiro atoms. The molecule has 0 aliphatic carbocycles. The van der Waals surface area contributed by atoms with E-state index in [2.05, 4.69) is 11.9 Å². The molecule has 0 radical (unpaired) electrons. The number of fused-ring (bicyclic) bond motifs is 1. The highest BCUT2D eigenvalue weighted by Gasteiger charge is 2.23. The Morgan fingerprint density at radius 2 is 1.74 bits per heavy atom. The summed E-state index contributed by atoms with van der Waals surface area (Å²) in [5.74, 6) is 0.131. The topological polar surface area (TPSA) is 63.4 Å². The Bertz CT molecular complexity index is 1150. The Balaban J connectivity index is 1.72. The van der Waals surface area contributed by atoms with Gasteiger partial charge in [0.05, 0.1) is 11.4 Å². The Labute approximate surface area is 182 Å². The van der Waals surface area contributed by atoms with E-state index in [9.17, 15) is 9.59 Å². The molecule has 7 heteroatoms. The summed E-state index contributed by atoms with van der Waals surface area (Å²) in [5.41, 5.74) is 4.30. The normalized spacial score (nSPS) is 15.0. The van der Waals surface area contributed by atoms with Gasteiger partial charge in [-0.2, -0.15) is 5.10 Å². The molecule has 7 nitrogen and oxygen atoms in total. The van der Waals surface area contributed by atoms with E-state index in [0.717, 1.165) is 59.7 Å². The van der Waals surface area contributed by atoms with E-state index in [-0.39, 0.29) is 11.5 Å². The number of benzene rings is 1. The minimum atomic E-state index is -0.0178. The highest BCUT2D eigenvalue weighted by atomic mass is 16.2. The maximum atomic E-state index is 13.4. The van der Waals surface area contributed by atoms with Gasteiger partial charge in [-0.05, 0) is 51.9 Å². The van der Waals surface area contributed by atoms with Crippen molar-refractivity contribution < 1.29 is 4.79 Å². The van der Waals surface area contributed by atoms with Crippen molar-refractivity contribution in [2.24, 2.45) is 0 Å². The third-order valence-electron chi connectivity index (χ3n) is 6.38. The number of hydrogen-bond donors (Lipinski definition) is 0. The molecule has 1 fully saturated rings. The minimum absolute atomic E-state index is 0.0178. The Morgan fingerprint density at radius 1 is 1.06 bits per heavy atom. The van der Waals surface area contributed by atoms with E-state index >= 15 is 0 Å². The number of carbonyl (C=O) groups is 1. The molecule has 1 amide bonds. The molecule has 1 aromatic carbocycles. The lowest BCUT2D eigenvalue weighted by Crippen LogP contribution is -2.47. The van der Waals surface area contributed by atoms with Crippen molar-refractivity contribution in [2.45, 2.75) is 40.2 Å². The van der Waals surface area contributed by atoms with E-state index in [4.69, 9.17) is 5.10 Å². The van der Waals surface area contributed by atoms with Gasteiger partial charge in [0.25, 0.3) is 5.56 Å². The molecule has 0 N–H and O–H groups in total. The zero-order valence-corrected chi connectivity index (χ0v) is 18.9. The Morgan fingerprint density at radius 3 is 2.39 bits per heavy atom. The van der Waals surface area contributed by atoms with Crippen molar-refractivity contribution in [1.29, 1.82) is 0 Å². The van der Waals surface area contributed by atoms with Crippen LogP contribution in [-0.4, -0.2) is 63.3 Å². The molecule has 3 aromatic rings. The molecule has 164 valence electrons. The second kappa shape index (κ2) is 8.67. The van der Waals surface area contributed by atoms with E-state index in [1.165, 1.54) is 0 Å². The second-order valence-corrected chi connectivity index (χ2v) is 8.37. The highest BCUT2D eigenvalue weighted by molar-refractivity contribution is 5.85. The van der Waals surface area contributed by atoms with Gasteiger partial charge in [0.15, 0.2) is 0 Å². The summed E-state index contributed by atoms with van der Waals surface area (Å²) in [6.45, 7) is 9.82. The monoisotopic (exact) mass is 421 g/mol. The first-order valence-corrected chi connectivity index (χ1v) is 11.1. The first-order chi connectivity index (χ1) is 14.9. The van der Waals surface area contributed by atoms with Gasteiger partial charge >= 0.3 is 0 Å². The third kappa shape index (κ3) is 3.90. The summed E-state index contributed by atoms with van der Waals surface area (Å²) >= 11 is 0. The zero-order chi connectivity index (χ0) is 22.1. The molecule has 1 aliphatic rings. The summed E-state index contributed by atoms with van der Waals surface area (Å²) in [7, 11) is 2.07. The number of pyridine rings is 1. The summed E-state index contributed by atoms with van der Waals surface area (Å²) in [5, 5.41) is 5.77. The lowest BCUT2D eigenvalue weighted by atomic mass is 10.0. The van der Waals surface area contributed by atoms with Crippen LogP contribution in [0.4, 0.5) is 0 Å². The van der Waals surface area contributed by atoms with Crippen molar-refractivity contribution in [3.05, 3.63) is 57.5 Å². The molecule has 31 heavy (non-hydrogen) atoms. The van der Waals surface area contributed by atoms with Gasteiger partial charge in [-0.3, -0.25) is 14.2 Å². The predicted octanol–water partition coefficient (Wildman–Crippen LogP) is 2.53. The standard InChI is InChI=1S/C24H31N5O2/c1-5-28-23-22(18(3)25-29(23)19-9-7-6-8-10-19)17(2)20(24(28)31)11-12-21(30)27-15-13-26(4)14-16-27/h6-10H,5,11-16H2,1-4H3. The van der Waals surface area contributed by atoms with Crippen LogP contribution in [0.15, 0.2) is 35.1 Å². The van der Waals surface area contributed by atoms with Crippen molar-refractivity contribution in [1.82, 2.24) is 24.1 Å². The van der Waals surface area contributed by atoms with Crippen molar-refractivity contribution in [2.75, 3.05) is 33.2 Å². The summed E-state index contributed by atoms with van der Waals surface area (Å²) in [6.07, 6.45) is 0.822. The molecule has 0 atom stereocenters. The summed E-state index contributed by atoms with van der Waals surface area (Å²) < 4.78 is 3.66. The van der Waals surface area contributed by atoms with Crippen LogP contribution in [0, 0.1) is 13.8 Å². The lowest BCUT2D eigenvalue weighted by molar-refractivity contribution is -0.132. The van der Waals surface area contributed by atoms with Crippen LogP contribution in [0.3, 0.4) is 0 Å². The molecular weight excluding hydrogens is 390 g/mol. The maximum absolute atomic E-state index is 13.4. The van der Waals surface area contributed by atoms with Crippen molar-refractivity contribution in [3.63, 3.8) is 0 Å². The van der Waals surface area contributed by atoms with E-state index in [0.29, 0.717) is 19.4 Å². The Hall–Kier alpha value is -2.93. The number of aryl methyl sites for hydroxylation is 3. The number of rotatable bonds is 5. The quantitative estimate of drug-likeness (QED) is 0.635. The van der Waals surface area contributed by atoms with Gasteiger partial charge in [0, 0.05) is 50.1 Å². The number of hydrogen-bond acceptors (Lipinski definition) is 4. The predicted molar refractivity (Wildman–Crippen MR) is 123 cm³/mol. The van der Waals surface area contributed by atoms with Gasteiger partial charge in [-0.25, -0.2) is 4.68 Å². The number of aromatic nitrogens is 3. The van der Waals surface area contributed by atoms with Gasteiger partial charge < -0.3 is 9.80 Å². The van der Waals surface area contributed by atoms with Gasteiger partial charge in [-0.1, -0.05) is 18.2 Å². The number of piperazine rings is 1. The smallest absolute Gasteiger partial charge is 0.255 e. The molecular formula is C24H31N5O2. The fourth-order valence-electron chi connectivity index (χ4n) is 4.56. The van der Waals surface area contributed by atoms with E-state index in [1.54, 1.807) is 4.57 Å². The molecule has 0 unspecified atom stereocenters. The van der Waals surface area contributed by atoms with Crippen LogP contribution < -0.4 is 5.56 Å². The highest BCUT2D eigenvalue weighted by Crippen LogP contribution is 2.26. The maximum Gasteiger partial charge on any atom is 0.255 e. The van der Waals surface area contributed by atoms with Crippen molar-refractivity contribution in [3.8, 4) is 5.69 Å². The fourth-order valence-corrected chi connectivity index (χ4v) is 4.56. The molecule has 0 saturated carbocycles. The van der Waals surface area contributed by atoms with Gasteiger partial charge in [0.2, 0.25) is 5.91 Å². The van der Waals surface area contributed by atoms with Crippen LogP contribution >= 0.6 is 0 Å². The number of likely N-dealkylation sites (N-methyl/N-ethyl adjacent to an activating group) is 1. The van der Waals surface area contributed by atoms with Crippen LogP contribution in [-0.2, 0) is 17.8 Å². The fraction of sp³-hybridized carbons (Fsp3) is 0.458. The second-order valence-electron chi connectivity index (χ2n) is 8.37. The van der Waals surface area contributed by atoms with Crippen LogP contribution in [0.5, 0.6) is 0 Å². The van der Waals surface area contributed by atoms with Crippen molar-refractivity contribution >= 4 is 16.9 Å². The van der Waals surface area contributed by atoms with Crippen LogP contribution in [0.1, 0.15) is 30.2 Å². The molecule has 2 aromatic heterocycles. The summed E-state index contributed by atoms with van der Waals surface area (Å²) in [6, 6.07) is 9.90. The number of amides is 1. The first kappa shape index (κ1) is 21.3. The average Bonchev–Trinajstić information content (AvgIpc) is 3.12. The Kier molecular flexibility index (Phi) is 5.96. The zero-order valence-electron chi connectivity index (χ0n) is 18.9.